The van der Waals surface area contributed by atoms with Gasteiger partial charge >= 0.3 is 0 Å². The van der Waals surface area contributed by atoms with Crippen LogP contribution in [0.25, 0.3) is 10.1 Å². The molecule has 0 saturated carbocycles. The van der Waals surface area contributed by atoms with E-state index in [1.54, 1.807) is 14.2 Å². The van der Waals surface area contributed by atoms with Crippen molar-refractivity contribution in [3.8, 4) is 11.5 Å². The van der Waals surface area contributed by atoms with Gasteiger partial charge in [-0.05, 0) is 60.5 Å². The molecule has 1 aliphatic heterocycles. The third kappa shape index (κ3) is 2.87. The van der Waals surface area contributed by atoms with E-state index in [1.807, 2.05) is 11.3 Å². The number of fused-ring (bicyclic) bond motifs is 2. The molecule has 0 spiro atoms. The highest BCUT2D eigenvalue weighted by Crippen LogP contribution is 2.39. The van der Waals surface area contributed by atoms with Crippen molar-refractivity contribution < 1.29 is 9.47 Å². The van der Waals surface area contributed by atoms with Gasteiger partial charge in [0.2, 0.25) is 0 Å². The molecular formula is C22H25NO2S. The van der Waals surface area contributed by atoms with Crippen molar-refractivity contribution in [2.45, 2.75) is 32.9 Å². The van der Waals surface area contributed by atoms with Gasteiger partial charge in [0.1, 0.15) is 0 Å². The zero-order valence-electron chi connectivity index (χ0n) is 15.8. The minimum atomic E-state index is 0.364. The molecule has 3 aromatic rings. The number of nitrogens with zero attached hydrogens (tertiary/aromatic N) is 1. The van der Waals surface area contributed by atoms with Crippen LogP contribution in [0.5, 0.6) is 11.5 Å². The maximum atomic E-state index is 5.52. The van der Waals surface area contributed by atoms with Crippen LogP contribution in [0.3, 0.4) is 0 Å². The summed E-state index contributed by atoms with van der Waals surface area (Å²) < 4.78 is 12.4. The summed E-state index contributed by atoms with van der Waals surface area (Å²) in [4.78, 5) is 4.05. The Morgan fingerprint density at radius 3 is 2.58 bits per heavy atom. The first-order valence-electron chi connectivity index (χ1n) is 9.08. The number of rotatable bonds is 4. The molecule has 1 aliphatic rings. The minimum absolute atomic E-state index is 0.364. The summed E-state index contributed by atoms with van der Waals surface area (Å²) in [6, 6.07) is 13.4. The van der Waals surface area contributed by atoms with Crippen LogP contribution in [-0.2, 0) is 13.0 Å². The smallest absolute Gasteiger partial charge is 0.161 e. The van der Waals surface area contributed by atoms with Crippen molar-refractivity contribution in [1.82, 2.24) is 4.90 Å². The van der Waals surface area contributed by atoms with E-state index in [0.717, 1.165) is 31.0 Å². The van der Waals surface area contributed by atoms with Crippen molar-refractivity contribution >= 4 is 21.4 Å². The normalized spacial score (nSPS) is 17.3. The van der Waals surface area contributed by atoms with Crippen LogP contribution < -0.4 is 9.47 Å². The maximum Gasteiger partial charge on any atom is 0.161 e. The van der Waals surface area contributed by atoms with Crippen LogP contribution >= 0.6 is 11.3 Å². The molecule has 2 heterocycles. The molecule has 4 heteroatoms. The van der Waals surface area contributed by atoms with Gasteiger partial charge in [-0.15, -0.1) is 11.3 Å². The fourth-order valence-corrected chi connectivity index (χ4v) is 5.21. The fourth-order valence-electron chi connectivity index (χ4n) is 3.97. The fraction of sp³-hybridized carbons (Fsp3) is 0.364. The van der Waals surface area contributed by atoms with Crippen LogP contribution in [0.1, 0.15) is 34.5 Å². The third-order valence-corrected chi connectivity index (χ3v) is 6.86. The minimum Gasteiger partial charge on any atom is -0.493 e. The Balaban J connectivity index is 1.64. The van der Waals surface area contributed by atoms with E-state index in [1.165, 1.54) is 31.7 Å². The van der Waals surface area contributed by atoms with Gasteiger partial charge in [0, 0.05) is 28.7 Å². The molecule has 26 heavy (non-hydrogen) atoms. The third-order valence-electron chi connectivity index (χ3n) is 5.60. The van der Waals surface area contributed by atoms with Gasteiger partial charge in [-0.2, -0.15) is 0 Å². The summed E-state index contributed by atoms with van der Waals surface area (Å²) in [5.41, 5.74) is 4.16. The summed E-state index contributed by atoms with van der Waals surface area (Å²) in [7, 11) is 3.41. The van der Waals surface area contributed by atoms with Crippen LogP contribution in [0.4, 0.5) is 0 Å². The second-order valence-corrected chi connectivity index (χ2v) is 8.09. The Morgan fingerprint density at radius 2 is 1.85 bits per heavy atom. The molecular weight excluding hydrogens is 342 g/mol. The molecule has 136 valence electrons. The second-order valence-electron chi connectivity index (χ2n) is 6.95. The highest BCUT2D eigenvalue weighted by atomic mass is 32.1. The molecule has 1 aromatic heterocycles. The van der Waals surface area contributed by atoms with E-state index in [9.17, 15) is 0 Å². The second kappa shape index (κ2) is 6.93. The van der Waals surface area contributed by atoms with Gasteiger partial charge in [-0.1, -0.05) is 18.2 Å². The number of ether oxygens (including phenoxy) is 2. The molecule has 2 aromatic carbocycles. The molecule has 0 radical (unpaired) electrons. The lowest BCUT2D eigenvalue weighted by atomic mass is 9.92. The summed E-state index contributed by atoms with van der Waals surface area (Å²) >= 11 is 1.93. The van der Waals surface area contributed by atoms with Crippen LogP contribution in [0.15, 0.2) is 36.4 Å². The quantitative estimate of drug-likeness (QED) is 0.621. The highest BCUT2D eigenvalue weighted by Gasteiger charge is 2.26. The summed E-state index contributed by atoms with van der Waals surface area (Å²) in [6.45, 7) is 6.62. The molecule has 1 unspecified atom stereocenters. The van der Waals surface area contributed by atoms with Gasteiger partial charge < -0.3 is 9.47 Å². The van der Waals surface area contributed by atoms with Crippen molar-refractivity contribution in [3.63, 3.8) is 0 Å². The summed E-state index contributed by atoms with van der Waals surface area (Å²) in [6.07, 6.45) is 1.05. The van der Waals surface area contributed by atoms with E-state index in [0.29, 0.717) is 6.04 Å². The van der Waals surface area contributed by atoms with Gasteiger partial charge in [0.25, 0.3) is 0 Å². The van der Waals surface area contributed by atoms with Crippen LogP contribution in [-0.4, -0.2) is 25.7 Å². The molecule has 3 nitrogen and oxygen atoms in total. The Morgan fingerprint density at radius 1 is 1.12 bits per heavy atom. The van der Waals surface area contributed by atoms with E-state index in [2.05, 4.69) is 55.1 Å². The number of thiophene rings is 1. The van der Waals surface area contributed by atoms with E-state index < -0.39 is 0 Å². The standard InChI is InChI=1S/C22H25NO2S/c1-14-17-7-5-6-8-21(17)26-22(14)13-23-10-9-16-11-19(24-3)20(25-4)12-18(16)15(23)2/h5-8,11-12,15H,9-10,13H2,1-4H3. The molecule has 4 rings (SSSR count). The first-order chi connectivity index (χ1) is 12.6. The topological polar surface area (TPSA) is 21.7 Å². The Hall–Kier alpha value is -2.04. The van der Waals surface area contributed by atoms with Crippen molar-refractivity contribution in [1.29, 1.82) is 0 Å². The Bertz CT molecular complexity index is 947. The predicted molar refractivity (Wildman–Crippen MR) is 109 cm³/mol. The molecule has 0 N–H and O–H groups in total. The van der Waals surface area contributed by atoms with Gasteiger partial charge in [0.15, 0.2) is 11.5 Å². The predicted octanol–water partition coefficient (Wildman–Crippen LogP) is 5.35. The molecule has 0 fully saturated rings. The summed E-state index contributed by atoms with van der Waals surface area (Å²) in [5.74, 6) is 1.64. The van der Waals surface area contributed by atoms with Crippen molar-refractivity contribution in [2.24, 2.45) is 0 Å². The first-order valence-corrected chi connectivity index (χ1v) is 9.90. The molecule has 0 amide bonds. The van der Waals surface area contributed by atoms with E-state index in [-0.39, 0.29) is 0 Å². The van der Waals surface area contributed by atoms with Crippen LogP contribution in [0, 0.1) is 6.92 Å². The summed E-state index contributed by atoms with van der Waals surface area (Å²) in [5, 5.41) is 1.39. The zero-order chi connectivity index (χ0) is 18.3. The maximum absolute atomic E-state index is 5.52. The van der Waals surface area contributed by atoms with E-state index >= 15 is 0 Å². The SMILES string of the molecule is COc1cc2c(cc1OC)C(C)N(Cc1sc3ccccc3c1C)CC2. The lowest BCUT2D eigenvalue weighted by Crippen LogP contribution is -2.33. The van der Waals surface area contributed by atoms with Gasteiger partial charge in [-0.25, -0.2) is 0 Å². The van der Waals surface area contributed by atoms with Crippen molar-refractivity contribution in [3.05, 3.63) is 58.0 Å². The van der Waals surface area contributed by atoms with Gasteiger partial charge in [-0.3, -0.25) is 4.90 Å². The molecule has 0 saturated heterocycles. The number of hydrogen-bond acceptors (Lipinski definition) is 4. The number of benzene rings is 2. The first kappa shape index (κ1) is 17.4. The lowest BCUT2D eigenvalue weighted by molar-refractivity contribution is 0.190. The Labute approximate surface area is 159 Å². The number of aryl methyl sites for hydroxylation is 1. The zero-order valence-corrected chi connectivity index (χ0v) is 16.7. The molecule has 1 atom stereocenters. The number of hydrogen-bond donors (Lipinski definition) is 0. The average molecular weight is 368 g/mol. The average Bonchev–Trinajstić information content (AvgIpc) is 2.99. The van der Waals surface area contributed by atoms with Crippen molar-refractivity contribution in [2.75, 3.05) is 20.8 Å². The number of methoxy groups -OCH3 is 2. The van der Waals surface area contributed by atoms with Gasteiger partial charge in [0.05, 0.1) is 14.2 Å². The monoisotopic (exact) mass is 367 g/mol. The lowest BCUT2D eigenvalue weighted by Gasteiger charge is -2.35. The van der Waals surface area contributed by atoms with Crippen LogP contribution in [0.2, 0.25) is 0 Å². The Kier molecular flexibility index (Phi) is 4.63. The molecule has 0 bridgehead atoms. The highest BCUT2D eigenvalue weighted by molar-refractivity contribution is 7.19. The molecule has 0 aliphatic carbocycles. The largest absolute Gasteiger partial charge is 0.493 e. The van der Waals surface area contributed by atoms with E-state index in [4.69, 9.17) is 9.47 Å².